The quantitative estimate of drug-likeness (QED) is 0.518. The third-order valence-corrected chi connectivity index (χ3v) is 3.88. The first-order valence-electron chi connectivity index (χ1n) is 7.35. The number of halogens is 1. The third-order valence-electron chi connectivity index (χ3n) is 3.55. The molecule has 4 amide bonds. The van der Waals surface area contributed by atoms with Crippen molar-refractivity contribution in [1.29, 1.82) is 0 Å². The number of carbonyl (C=O) groups is 3. The molecule has 2 heterocycles. The maximum Gasteiger partial charge on any atom is 0.331 e. The smallest absolute Gasteiger partial charge is 0.331 e. The van der Waals surface area contributed by atoms with Crippen molar-refractivity contribution in [3.05, 3.63) is 65.4 Å². The first-order chi connectivity index (χ1) is 12.0. The highest BCUT2D eigenvalue weighted by atomic mass is 35.5. The van der Waals surface area contributed by atoms with Gasteiger partial charge >= 0.3 is 6.03 Å². The molecule has 3 rings (SSSR count). The maximum atomic E-state index is 12.3. The van der Waals surface area contributed by atoms with E-state index < -0.39 is 17.8 Å². The molecule has 0 bridgehead atoms. The summed E-state index contributed by atoms with van der Waals surface area (Å²) in [6.45, 7) is 3.49. The van der Waals surface area contributed by atoms with Crippen molar-refractivity contribution in [3.63, 3.8) is 0 Å². The molecule has 0 atom stereocenters. The van der Waals surface area contributed by atoms with Crippen LogP contribution in [0.4, 0.5) is 4.79 Å². The second kappa shape index (κ2) is 6.78. The SMILES string of the molecule is C=CCN1C(=O)NC(=O)/C(=C/c2ccc(-c3ccccc3Cl)o2)C1=O. The van der Waals surface area contributed by atoms with Crippen LogP contribution in [0.3, 0.4) is 0 Å². The van der Waals surface area contributed by atoms with Gasteiger partial charge in [-0.1, -0.05) is 29.8 Å². The van der Waals surface area contributed by atoms with E-state index >= 15 is 0 Å². The highest BCUT2D eigenvalue weighted by Crippen LogP contribution is 2.29. The Morgan fingerprint density at radius 1 is 1.16 bits per heavy atom. The van der Waals surface area contributed by atoms with E-state index in [4.69, 9.17) is 16.0 Å². The lowest BCUT2D eigenvalue weighted by Gasteiger charge is -2.24. The van der Waals surface area contributed by atoms with Crippen molar-refractivity contribution in [2.24, 2.45) is 0 Å². The van der Waals surface area contributed by atoms with E-state index in [-0.39, 0.29) is 12.1 Å². The molecule has 0 saturated carbocycles. The predicted molar refractivity (Wildman–Crippen MR) is 92.6 cm³/mol. The van der Waals surface area contributed by atoms with Crippen molar-refractivity contribution >= 4 is 35.5 Å². The number of nitrogens with one attached hydrogen (secondary N) is 1. The molecule has 1 N–H and O–H groups in total. The Balaban J connectivity index is 1.93. The number of imide groups is 2. The van der Waals surface area contributed by atoms with Crippen molar-refractivity contribution in [3.8, 4) is 11.3 Å². The molecule has 0 radical (unpaired) electrons. The minimum atomic E-state index is -0.775. The molecule has 1 aliphatic rings. The van der Waals surface area contributed by atoms with Crippen LogP contribution in [0, 0.1) is 0 Å². The molecular weight excluding hydrogens is 344 g/mol. The summed E-state index contributed by atoms with van der Waals surface area (Å²) < 4.78 is 5.66. The van der Waals surface area contributed by atoms with Gasteiger partial charge in [0, 0.05) is 12.1 Å². The Kier molecular flexibility index (Phi) is 4.54. The van der Waals surface area contributed by atoms with Gasteiger partial charge in [0.25, 0.3) is 11.8 Å². The minimum absolute atomic E-state index is 0.00167. The van der Waals surface area contributed by atoms with E-state index in [2.05, 4.69) is 11.9 Å². The Bertz CT molecular complexity index is 913. The van der Waals surface area contributed by atoms with Crippen LogP contribution in [0.5, 0.6) is 0 Å². The topological polar surface area (TPSA) is 79.6 Å². The van der Waals surface area contributed by atoms with E-state index in [0.717, 1.165) is 4.90 Å². The Labute approximate surface area is 148 Å². The standard InChI is InChI=1S/C18H13ClN2O4/c1-2-9-21-17(23)13(16(22)20-18(21)24)10-11-7-8-15(25-11)12-5-3-4-6-14(12)19/h2-8,10H,1,9H2,(H,20,22,24)/b13-10-. The largest absolute Gasteiger partial charge is 0.457 e. The zero-order chi connectivity index (χ0) is 18.0. The zero-order valence-electron chi connectivity index (χ0n) is 13.0. The van der Waals surface area contributed by atoms with Crippen molar-refractivity contribution in [1.82, 2.24) is 10.2 Å². The second-order valence-electron chi connectivity index (χ2n) is 5.20. The monoisotopic (exact) mass is 356 g/mol. The van der Waals surface area contributed by atoms with Crippen LogP contribution < -0.4 is 5.32 Å². The fourth-order valence-electron chi connectivity index (χ4n) is 2.37. The van der Waals surface area contributed by atoms with Gasteiger partial charge in [0.05, 0.1) is 5.02 Å². The molecule has 0 unspecified atom stereocenters. The van der Waals surface area contributed by atoms with Crippen LogP contribution in [0.15, 0.2) is 59.0 Å². The summed E-state index contributed by atoms with van der Waals surface area (Å²) in [6.07, 6.45) is 2.69. The van der Waals surface area contributed by atoms with Crippen molar-refractivity contribution < 1.29 is 18.8 Å². The summed E-state index contributed by atoms with van der Waals surface area (Å²) in [4.78, 5) is 36.9. The van der Waals surface area contributed by atoms with E-state index in [9.17, 15) is 14.4 Å². The van der Waals surface area contributed by atoms with Crippen LogP contribution in [-0.4, -0.2) is 29.3 Å². The lowest BCUT2D eigenvalue weighted by atomic mass is 10.1. The van der Waals surface area contributed by atoms with Gasteiger partial charge < -0.3 is 4.42 Å². The molecule has 1 aromatic carbocycles. The summed E-state index contributed by atoms with van der Waals surface area (Å²) in [7, 11) is 0. The van der Waals surface area contributed by atoms with Gasteiger partial charge in [-0.2, -0.15) is 0 Å². The van der Waals surface area contributed by atoms with Crippen LogP contribution in [-0.2, 0) is 9.59 Å². The summed E-state index contributed by atoms with van der Waals surface area (Å²) >= 11 is 6.13. The van der Waals surface area contributed by atoms with E-state index in [1.165, 1.54) is 12.2 Å². The number of nitrogens with zero attached hydrogens (tertiary/aromatic N) is 1. The first-order valence-corrected chi connectivity index (χ1v) is 7.73. The number of rotatable bonds is 4. The highest BCUT2D eigenvalue weighted by Gasteiger charge is 2.35. The molecule has 1 aromatic heterocycles. The van der Waals surface area contributed by atoms with E-state index in [1.54, 1.807) is 30.3 Å². The molecule has 25 heavy (non-hydrogen) atoms. The normalized spacial score (nSPS) is 16.3. The van der Waals surface area contributed by atoms with Gasteiger partial charge in [-0.15, -0.1) is 6.58 Å². The lowest BCUT2D eigenvalue weighted by Crippen LogP contribution is -2.54. The fourth-order valence-corrected chi connectivity index (χ4v) is 2.60. The third kappa shape index (κ3) is 3.25. The van der Waals surface area contributed by atoms with E-state index in [0.29, 0.717) is 22.1 Å². The van der Waals surface area contributed by atoms with Gasteiger partial charge in [-0.05, 0) is 30.3 Å². The molecule has 1 saturated heterocycles. The molecule has 0 aliphatic carbocycles. The van der Waals surface area contributed by atoms with Gasteiger partial charge in [-0.25, -0.2) is 4.79 Å². The fraction of sp³-hybridized carbons (Fsp3) is 0.0556. The van der Waals surface area contributed by atoms with E-state index in [1.807, 2.05) is 6.07 Å². The molecule has 6 nitrogen and oxygen atoms in total. The number of furan rings is 1. The van der Waals surface area contributed by atoms with Gasteiger partial charge in [0.15, 0.2) is 0 Å². The molecule has 1 fully saturated rings. The second-order valence-corrected chi connectivity index (χ2v) is 5.61. The van der Waals surface area contributed by atoms with Crippen LogP contribution >= 0.6 is 11.6 Å². The first kappa shape index (κ1) is 16.7. The Morgan fingerprint density at radius 3 is 2.64 bits per heavy atom. The molecular formula is C18H13ClN2O4. The zero-order valence-corrected chi connectivity index (χ0v) is 13.7. The Hall–Kier alpha value is -3.12. The summed E-state index contributed by atoms with van der Waals surface area (Å²) in [6, 6.07) is 9.66. The average molecular weight is 357 g/mol. The molecule has 0 spiro atoms. The molecule has 1 aliphatic heterocycles. The van der Waals surface area contributed by atoms with Gasteiger partial charge in [-0.3, -0.25) is 19.8 Å². The number of benzene rings is 1. The number of hydrogen-bond acceptors (Lipinski definition) is 4. The molecule has 7 heteroatoms. The van der Waals surface area contributed by atoms with Crippen LogP contribution in [0.1, 0.15) is 5.76 Å². The van der Waals surface area contributed by atoms with Crippen LogP contribution in [0.2, 0.25) is 5.02 Å². The lowest BCUT2D eigenvalue weighted by molar-refractivity contribution is -0.129. The molecule has 2 aromatic rings. The van der Waals surface area contributed by atoms with Gasteiger partial charge in [0.1, 0.15) is 17.1 Å². The number of hydrogen-bond donors (Lipinski definition) is 1. The average Bonchev–Trinajstić information content (AvgIpc) is 3.04. The molecule has 126 valence electrons. The van der Waals surface area contributed by atoms with Gasteiger partial charge in [0.2, 0.25) is 0 Å². The number of urea groups is 1. The maximum absolute atomic E-state index is 12.3. The van der Waals surface area contributed by atoms with Crippen molar-refractivity contribution in [2.75, 3.05) is 6.54 Å². The summed E-state index contributed by atoms with van der Waals surface area (Å²) in [5, 5.41) is 2.63. The van der Waals surface area contributed by atoms with Crippen LogP contribution in [0.25, 0.3) is 17.4 Å². The highest BCUT2D eigenvalue weighted by molar-refractivity contribution is 6.33. The predicted octanol–water partition coefficient (Wildman–Crippen LogP) is 3.25. The Morgan fingerprint density at radius 2 is 1.92 bits per heavy atom. The number of carbonyl (C=O) groups excluding carboxylic acids is 3. The summed E-state index contributed by atoms with van der Waals surface area (Å²) in [5.41, 5.74) is 0.498. The number of amides is 4. The minimum Gasteiger partial charge on any atom is -0.457 e. The number of barbiturate groups is 1. The van der Waals surface area contributed by atoms with Crippen molar-refractivity contribution in [2.45, 2.75) is 0 Å². The summed E-state index contributed by atoms with van der Waals surface area (Å²) in [5.74, 6) is -0.684.